The van der Waals surface area contributed by atoms with Gasteiger partial charge in [0.05, 0.1) is 25.5 Å². The summed E-state index contributed by atoms with van der Waals surface area (Å²) < 4.78 is 12.8. The zero-order valence-corrected chi connectivity index (χ0v) is 19.0. The predicted octanol–water partition coefficient (Wildman–Crippen LogP) is 3.07. The number of nitrogens with one attached hydrogen (secondary N) is 1. The molecular weight excluding hydrogens is 420 g/mol. The van der Waals surface area contributed by atoms with Gasteiger partial charge in [0.25, 0.3) is 0 Å². The van der Waals surface area contributed by atoms with Crippen LogP contribution in [0.1, 0.15) is 42.5 Å². The van der Waals surface area contributed by atoms with E-state index in [4.69, 9.17) is 14.6 Å². The molecule has 1 atom stereocenters. The molecule has 9 heteroatoms. The standard InChI is InChI=1S/C24H28N6O3/c1-3-12-33-18-6-4-17(5-7-18)19-15-22(31)25-24-23(19)16(2)28-30(24)21-9-8-20(26-27-21)29-10-13-32-14-11-29/h4-9,19H,3,10-15H2,1-2H3,(H,25,31)/t19-/m0/s1. The average molecular weight is 449 g/mol. The Labute approximate surface area is 192 Å². The Kier molecular flexibility index (Phi) is 5.95. The van der Waals surface area contributed by atoms with Crippen LogP contribution in [0.2, 0.25) is 0 Å². The summed E-state index contributed by atoms with van der Waals surface area (Å²) in [6.07, 6.45) is 1.33. The Morgan fingerprint density at radius 3 is 2.52 bits per heavy atom. The first-order chi connectivity index (χ1) is 16.1. The minimum absolute atomic E-state index is 0.0437. The lowest BCUT2D eigenvalue weighted by Gasteiger charge is -2.27. The van der Waals surface area contributed by atoms with Crippen LogP contribution in [0.5, 0.6) is 5.75 Å². The highest BCUT2D eigenvalue weighted by atomic mass is 16.5. The van der Waals surface area contributed by atoms with Gasteiger partial charge in [-0.2, -0.15) is 9.78 Å². The fourth-order valence-corrected chi connectivity index (χ4v) is 4.41. The summed E-state index contributed by atoms with van der Waals surface area (Å²) in [6.45, 7) is 7.70. The summed E-state index contributed by atoms with van der Waals surface area (Å²) >= 11 is 0. The van der Waals surface area contributed by atoms with Crippen molar-refractivity contribution in [2.75, 3.05) is 43.1 Å². The third-order valence-corrected chi connectivity index (χ3v) is 6.05. The second-order valence-electron chi connectivity index (χ2n) is 8.33. The number of nitrogens with zero attached hydrogens (tertiary/aromatic N) is 5. The van der Waals surface area contributed by atoms with Crippen molar-refractivity contribution in [2.24, 2.45) is 0 Å². The van der Waals surface area contributed by atoms with E-state index < -0.39 is 0 Å². The van der Waals surface area contributed by atoms with E-state index in [0.29, 0.717) is 37.9 Å². The first-order valence-corrected chi connectivity index (χ1v) is 11.4. The average Bonchev–Trinajstić information content (AvgIpc) is 3.19. The van der Waals surface area contributed by atoms with E-state index in [-0.39, 0.29) is 11.8 Å². The number of rotatable bonds is 6. The molecule has 1 fully saturated rings. The van der Waals surface area contributed by atoms with Crippen LogP contribution in [0.25, 0.3) is 5.82 Å². The maximum Gasteiger partial charge on any atom is 0.226 e. The predicted molar refractivity (Wildman–Crippen MR) is 124 cm³/mol. The molecule has 0 aliphatic carbocycles. The molecule has 3 aromatic rings. The molecule has 2 aromatic heterocycles. The molecule has 1 saturated heterocycles. The van der Waals surface area contributed by atoms with Crippen LogP contribution in [0.3, 0.4) is 0 Å². The number of morpholine rings is 1. The number of aryl methyl sites for hydroxylation is 1. The molecule has 33 heavy (non-hydrogen) atoms. The number of hydrogen-bond donors (Lipinski definition) is 1. The highest BCUT2D eigenvalue weighted by molar-refractivity contribution is 5.95. The third-order valence-electron chi connectivity index (χ3n) is 6.05. The maximum atomic E-state index is 12.6. The maximum absolute atomic E-state index is 12.6. The second-order valence-corrected chi connectivity index (χ2v) is 8.33. The summed E-state index contributed by atoms with van der Waals surface area (Å²) in [5, 5.41) is 16.5. The third kappa shape index (κ3) is 4.28. The number of fused-ring (bicyclic) bond motifs is 1. The Hall–Kier alpha value is -3.46. The molecule has 0 radical (unpaired) electrons. The minimum atomic E-state index is -0.0803. The van der Waals surface area contributed by atoms with Crippen LogP contribution >= 0.6 is 0 Å². The lowest BCUT2D eigenvalue weighted by atomic mass is 9.86. The Morgan fingerprint density at radius 2 is 1.82 bits per heavy atom. The van der Waals surface area contributed by atoms with Gasteiger partial charge in [0.2, 0.25) is 5.91 Å². The van der Waals surface area contributed by atoms with Crippen molar-refractivity contribution in [2.45, 2.75) is 32.6 Å². The normalized spacial score (nSPS) is 18.1. The van der Waals surface area contributed by atoms with Crippen LogP contribution in [0, 0.1) is 6.92 Å². The fourth-order valence-electron chi connectivity index (χ4n) is 4.41. The Bertz CT molecular complexity index is 1120. The van der Waals surface area contributed by atoms with E-state index in [1.54, 1.807) is 4.68 Å². The minimum Gasteiger partial charge on any atom is -0.494 e. The molecule has 0 spiro atoms. The van der Waals surface area contributed by atoms with Gasteiger partial charge in [0.15, 0.2) is 11.6 Å². The lowest BCUT2D eigenvalue weighted by Crippen LogP contribution is -2.36. The SMILES string of the molecule is CCCOc1ccc([C@@H]2CC(=O)Nc3c2c(C)nn3-c2ccc(N3CCOCC3)nn2)cc1. The van der Waals surface area contributed by atoms with Crippen LogP contribution < -0.4 is 15.0 Å². The molecule has 0 saturated carbocycles. The molecule has 1 aromatic carbocycles. The van der Waals surface area contributed by atoms with E-state index >= 15 is 0 Å². The second kappa shape index (κ2) is 9.19. The van der Waals surface area contributed by atoms with Gasteiger partial charge < -0.3 is 19.7 Å². The van der Waals surface area contributed by atoms with Crippen LogP contribution in [0.4, 0.5) is 11.6 Å². The summed E-state index contributed by atoms with van der Waals surface area (Å²) in [5.41, 5.74) is 2.93. The largest absolute Gasteiger partial charge is 0.494 e. The highest BCUT2D eigenvalue weighted by Gasteiger charge is 2.33. The molecule has 5 rings (SSSR count). The van der Waals surface area contributed by atoms with Gasteiger partial charge in [0, 0.05) is 31.0 Å². The number of carbonyl (C=O) groups excluding carboxylic acids is 1. The molecule has 9 nitrogen and oxygen atoms in total. The zero-order valence-electron chi connectivity index (χ0n) is 19.0. The fraction of sp³-hybridized carbons (Fsp3) is 0.417. The van der Waals surface area contributed by atoms with E-state index in [9.17, 15) is 4.79 Å². The zero-order chi connectivity index (χ0) is 22.8. The molecular formula is C24H28N6O3. The van der Waals surface area contributed by atoms with Crippen LogP contribution in [0.15, 0.2) is 36.4 Å². The van der Waals surface area contributed by atoms with Crippen LogP contribution in [-0.4, -0.2) is 58.8 Å². The number of benzene rings is 1. The van der Waals surface area contributed by atoms with Gasteiger partial charge in [-0.05, 0) is 43.2 Å². The van der Waals surface area contributed by atoms with Crippen molar-refractivity contribution in [3.8, 4) is 11.6 Å². The van der Waals surface area contributed by atoms with Crippen LogP contribution in [-0.2, 0) is 9.53 Å². The molecule has 0 unspecified atom stereocenters. The monoisotopic (exact) mass is 448 g/mol. The summed E-state index contributed by atoms with van der Waals surface area (Å²) in [7, 11) is 0. The highest BCUT2D eigenvalue weighted by Crippen LogP contribution is 2.40. The van der Waals surface area contributed by atoms with Gasteiger partial charge in [-0.25, -0.2) is 0 Å². The summed E-state index contributed by atoms with van der Waals surface area (Å²) in [5.74, 6) is 2.76. The Morgan fingerprint density at radius 1 is 1.09 bits per heavy atom. The molecule has 172 valence electrons. The smallest absolute Gasteiger partial charge is 0.226 e. The molecule has 2 aliphatic rings. The lowest BCUT2D eigenvalue weighted by molar-refractivity contribution is -0.116. The van der Waals surface area contributed by atoms with E-state index in [1.165, 1.54) is 0 Å². The first-order valence-electron chi connectivity index (χ1n) is 11.4. The number of amides is 1. The van der Waals surface area contributed by atoms with Gasteiger partial charge in [-0.1, -0.05) is 19.1 Å². The number of aromatic nitrogens is 4. The molecule has 4 heterocycles. The molecule has 0 bridgehead atoms. The number of ether oxygens (including phenoxy) is 2. The van der Waals surface area contributed by atoms with Crippen molar-refractivity contribution >= 4 is 17.5 Å². The quantitative estimate of drug-likeness (QED) is 0.619. The summed E-state index contributed by atoms with van der Waals surface area (Å²) in [4.78, 5) is 14.8. The topological polar surface area (TPSA) is 94.4 Å². The Balaban J connectivity index is 1.45. The van der Waals surface area contributed by atoms with E-state index in [1.807, 2.05) is 43.3 Å². The molecule has 1 amide bonds. The number of anilines is 2. The number of hydrogen-bond acceptors (Lipinski definition) is 7. The van der Waals surface area contributed by atoms with Crippen molar-refractivity contribution < 1.29 is 14.3 Å². The number of carbonyl (C=O) groups is 1. The van der Waals surface area contributed by atoms with Crippen molar-refractivity contribution in [1.82, 2.24) is 20.0 Å². The van der Waals surface area contributed by atoms with Gasteiger partial charge in [-0.3, -0.25) is 4.79 Å². The first kappa shape index (κ1) is 21.4. The molecule has 1 N–H and O–H groups in total. The van der Waals surface area contributed by atoms with E-state index in [2.05, 4.69) is 27.3 Å². The van der Waals surface area contributed by atoms with Crippen molar-refractivity contribution in [3.63, 3.8) is 0 Å². The van der Waals surface area contributed by atoms with Crippen molar-refractivity contribution in [1.29, 1.82) is 0 Å². The summed E-state index contributed by atoms with van der Waals surface area (Å²) in [6, 6.07) is 11.8. The molecule has 2 aliphatic heterocycles. The van der Waals surface area contributed by atoms with E-state index in [0.717, 1.165) is 47.9 Å². The van der Waals surface area contributed by atoms with Gasteiger partial charge in [-0.15, -0.1) is 10.2 Å². The van der Waals surface area contributed by atoms with Crippen molar-refractivity contribution in [3.05, 3.63) is 53.2 Å². The van der Waals surface area contributed by atoms with Gasteiger partial charge >= 0.3 is 0 Å². The van der Waals surface area contributed by atoms with Gasteiger partial charge in [0.1, 0.15) is 11.6 Å².